The summed E-state index contributed by atoms with van der Waals surface area (Å²) in [6, 6.07) is 5.03. The molecular formula is C12H14FNO. The maximum atomic E-state index is 13.5. The van der Waals surface area contributed by atoms with Crippen LogP contribution in [0.2, 0.25) is 0 Å². The largest absolute Gasteiger partial charge is 0.323 e. The molecule has 1 aliphatic rings. The molecule has 1 aromatic carbocycles. The highest BCUT2D eigenvalue weighted by molar-refractivity contribution is 5.93. The van der Waals surface area contributed by atoms with E-state index in [-0.39, 0.29) is 17.6 Å². The third-order valence-electron chi connectivity index (χ3n) is 2.93. The highest BCUT2D eigenvalue weighted by Gasteiger charge is 2.25. The topological polar surface area (TPSA) is 29.1 Å². The Hall–Kier alpha value is -1.38. The Bertz CT molecular complexity index is 385. The summed E-state index contributed by atoms with van der Waals surface area (Å²) in [5.74, 6) is -0.291. The number of halogens is 1. The predicted octanol–water partition coefficient (Wildman–Crippen LogP) is 2.87. The third kappa shape index (κ3) is 2.01. The molecule has 2 rings (SSSR count). The van der Waals surface area contributed by atoms with E-state index in [1.807, 2.05) is 0 Å². The van der Waals surface area contributed by atoms with Crippen LogP contribution in [-0.4, -0.2) is 5.91 Å². The molecule has 15 heavy (non-hydrogen) atoms. The van der Waals surface area contributed by atoms with Crippen LogP contribution in [0.1, 0.15) is 24.8 Å². The van der Waals surface area contributed by atoms with Crippen LogP contribution in [0.25, 0.3) is 0 Å². The summed E-state index contributed by atoms with van der Waals surface area (Å²) < 4.78 is 13.5. The summed E-state index contributed by atoms with van der Waals surface area (Å²) >= 11 is 0. The van der Waals surface area contributed by atoms with Crippen LogP contribution in [-0.2, 0) is 4.79 Å². The maximum Gasteiger partial charge on any atom is 0.227 e. The molecule has 3 heteroatoms. The number of rotatable bonds is 2. The standard InChI is InChI=1S/C12H14FNO/c1-8-4-2-7-10(11(8)13)14-12(15)9-5-3-6-9/h2,4,7,9H,3,5-6H2,1H3,(H,14,15). The molecule has 0 aromatic heterocycles. The quantitative estimate of drug-likeness (QED) is 0.793. The molecule has 1 saturated carbocycles. The molecule has 0 unspecified atom stereocenters. The highest BCUT2D eigenvalue weighted by atomic mass is 19.1. The van der Waals surface area contributed by atoms with Crippen molar-refractivity contribution in [3.05, 3.63) is 29.6 Å². The minimum absolute atomic E-state index is 0.0502. The van der Waals surface area contributed by atoms with Crippen molar-refractivity contribution >= 4 is 11.6 Å². The van der Waals surface area contributed by atoms with E-state index in [4.69, 9.17) is 0 Å². The van der Waals surface area contributed by atoms with Gasteiger partial charge in [-0.15, -0.1) is 0 Å². The highest BCUT2D eigenvalue weighted by Crippen LogP contribution is 2.28. The number of carbonyl (C=O) groups excluding carboxylic acids is 1. The van der Waals surface area contributed by atoms with Crippen LogP contribution in [0.4, 0.5) is 10.1 Å². The Morgan fingerprint density at radius 2 is 2.20 bits per heavy atom. The van der Waals surface area contributed by atoms with Gasteiger partial charge in [-0.25, -0.2) is 4.39 Å². The van der Waals surface area contributed by atoms with Gasteiger partial charge in [0.15, 0.2) is 0 Å². The van der Waals surface area contributed by atoms with Gasteiger partial charge in [-0.05, 0) is 31.4 Å². The van der Waals surface area contributed by atoms with Crippen molar-refractivity contribution in [2.75, 3.05) is 5.32 Å². The number of hydrogen-bond acceptors (Lipinski definition) is 1. The molecule has 80 valence electrons. The van der Waals surface area contributed by atoms with E-state index in [1.54, 1.807) is 25.1 Å². The molecule has 0 heterocycles. The average molecular weight is 207 g/mol. The van der Waals surface area contributed by atoms with Crippen molar-refractivity contribution in [3.63, 3.8) is 0 Å². The Morgan fingerprint density at radius 3 is 2.80 bits per heavy atom. The Kier molecular flexibility index (Phi) is 2.71. The van der Waals surface area contributed by atoms with E-state index in [2.05, 4.69) is 5.32 Å². The van der Waals surface area contributed by atoms with Gasteiger partial charge in [0.1, 0.15) is 5.82 Å². The molecule has 1 fully saturated rings. The number of carbonyl (C=O) groups is 1. The van der Waals surface area contributed by atoms with E-state index in [0.29, 0.717) is 11.3 Å². The van der Waals surface area contributed by atoms with Crippen LogP contribution < -0.4 is 5.32 Å². The first-order valence-electron chi connectivity index (χ1n) is 5.24. The molecular weight excluding hydrogens is 193 g/mol. The zero-order chi connectivity index (χ0) is 10.8. The first-order valence-corrected chi connectivity index (χ1v) is 5.24. The fourth-order valence-corrected chi connectivity index (χ4v) is 1.65. The second-order valence-electron chi connectivity index (χ2n) is 4.05. The average Bonchev–Trinajstić information content (AvgIpc) is 2.10. The van der Waals surface area contributed by atoms with E-state index < -0.39 is 0 Å². The van der Waals surface area contributed by atoms with Crippen LogP contribution in [0.5, 0.6) is 0 Å². The van der Waals surface area contributed by atoms with Crippen molar-refractivity contribution in [3.8, 4) is 0 Å². The van der Waals surface area contributed by atoms with E-state index in [0.717, 1.165) is 19.3 Å². The summed E-state index contributed by atoms with van der Waals surface area (Å²) in [7, 11) is 0. The van der Waals surface area contributed by atoms with Gasteiger partial charge >= 0.3 is 0 Å². The minimum atomic E-state index is -0.329. The second kappa shape index (κ2) is 4.01. The van der Waals surface area contributed by atoms with Gasteiger partial charge in [-0.1, -0.05) is 18.6 Å². The molecule has 1 N–H and O–H groups in total. The SMILES string of the molecule is Cc1cccc(NC(=O)C2CCC2)c1F. The maximum absolute atomic E-state index is 13.5. The molecule has 0 bridgehead atoms. The van der Waals surface area contributed by atoms with Crippen LogP contribution in [0.3, 0.4) is 0 Å². The van der Waals surface area contributed by atoms with Crippen LogP contribution >= 0.6 is 0 Å². The summed E-state index contributed by atoms with van der Waals surface area (Å²) in [5.41, 5.74) is 0.855. The lowest BCUT2D eigenvalue weighted by Crippen LogP contribution is -2.28. The molecule has 0 spiro atoms. The van der Waals surface area contributed by atoms with Crippen molar-refractivity contribution in [2.24, 2.45) is 5.92 Å². The van der Waals surface area contributed by atoms with Gasteiger partial charge in [0.2, 0.25) is 5.91 Å². The van der Waals surface area contributed by atoms with Crippen LogP contribution in [0.15, 0.2) is 18.2 Å². The Labute approximate surface area is 88.5 Å². The lowest BCUT2D eigenvalue weighted by Gasteiger charge is -2.24. The molecule has 0 saturated heterocycles. The zero-order valence-corrected chi connectivity index (χ0v) is 8.72. The molecule has 1 amide bonds. The predicted molar refractivity (Wildman–Crippen MR) is 57.1 cm³/mol. The minimum Gasteiger partial charge on any atom is -0.323 e. The monoisotopic (exact) mass is 207 g/mol. The number of aryl methyl sites for hydroxylation is 1. The van der Waals surface area contributed by atoms with Gasteiger partial charge in [-0.2, -0.15) is 0 Å². The summed E-state index contributed by atoms with van der Waals surface area (Å²) in [6.45, 7) is 1.69. The van der Waals surface area contributed by atoms with Crippen molar-refractivity contribution in [2.45, 2.75) is 26.2 Å². The van der Waals surface area contributed by atoms with Gasteiger partial charge in [0, 0.05) is 5.92 Å². The third-order valence-corrected chi connectivity index (χ3v) is 2.93. The number of nitrogens with one attached hydrogen (secondary N) is 1. The van der Waals surface area contributed by atoms with Gasteiger partial charge in [-0.3, -0.25) is 4.79 Å². The van der Waals surface area contributed by atoms with Crippen LogP contribution in [0, 0.1) is 18.7 Å². The van der Waals surface area contributed by atoms with Gasteiger partial charge in [0.25, 0.3) is 0 Å². The number of hydrogen-bond donors (Lipinski definition) is 1. The number of benzene rings is 1. The van der Waals surface area contributed by atoms with E-state index >= 15 is 0 Å². The first kappa shape index (κ1) is 10.1. The molecule has 0 aliphatic heterocycles. The summed E-state index contributed by atoms with van der Waals surface area (Å²) in [5, 5.41) is 2.64. The molecule has 0 radical (unpaired) electrons. The molecule has 1 aromatic rings. The fourth-order valence-electron chi connectivity index (χ4n) is 1.65. The van der Waals surface area contributed by atoms with Gasteiger partial charge < -0.3 is 5.32 Å². The lowest BCUT2D eigenvalue weighted by molar-refractivity contribution is -0.122. The molecule has 0 atom stereocenters. The van der Waals surface area contributed by atoms with Crippen molar-refractivity contribution in [1.82, 2.24) is 0 Å². The Morgan fingerprint density at radius 1 is 1.47 bits per heavy atom. The first-order chi connectivity index (χ1) is 7.18. The van der Waals surface area contributed by atoms with Crippen molar-refractivity contribution < 1.29 is 9.18 Å². The Balaban J connectivity index is 2.09. The smallest absolute Gasteiger partial charge is 0.227 e. The molecule has 2 nitrogen and oxygen atoms in total. The van der Waals surface area contributed by atoms with Crippen molar-refractivity contribution in [1.29, 1.82) is 0 Å². The second-order valence-corrected chi connectivity index (χ2v) is 4.05. The van der Waals surface area contributed by atoms with Gasteiger partial charge in [0.05, 0.1) is 5.69 Å². The number of amides is 1. The molecule has 1 aliphatic carbocycles. The normalized spacial score (nSPS) is 15.9. The fraction of sp³-hybridized carbons (Fsp3) is 0.417. The zero-order valence-electron chi connectivity index (χ0n) is 8.72. The van der Waals surface area contributed by atoms with E-state index in [9.17, 15) is 9.18 Å². The summed E-state index contributed by atoms with van der Waals surface area (Å²) in [4.78, 5) is 11.6. The number of anilines is 1. The summed E-state index contributed by atoms with van der Waals surface area (Å²) in [6.07, 6.45) is 2.97. The van der Waals surface area contributed by atoms with E-state index in [1.165, 1.54) is 0 Å². The lowest BCUT2D eigenvalue weighted by atomic mass is 9.85.